The molecule has 6 nitrogen and oxygen atoms in total. The Labute approximate surface area is 114 Å². The average molecular weight is 286 g/mol. The predicted octanol–water partition coefficient (Wildman–Crippen LogP) is 1.15. The largest absolute Gasteiger partial charge is 0.381 e. The lowest BCUT2D eigenvalue weighted by Crippen LogP contribution is -2.29. The summed E-state index contributed by atoms with van der Waals surface area (Å²) in [5, 5.41) is 4.01. The van der Waals surface area contributed by atoms with Crippen molar-refractivity contribution in [2.75, 3.05) is 18.8 Å². The number of sulfonamides is 1. The normalized spacial score (nSPS) is 21.4. The zero-order chi connectivity index (χ0) is 14.2. The van der Waals surface area contributed by atoms with Gasteiger partial charge in [0.1, 0.15) is 4.90 Å². The fraction of sp³-hybridized carbons (Fsp3) is 0.750. The quantitative estimate of drug-likeness (QED) is 0.900. The zero-order valence-corrected chi connectivity index (χ0v) is 12.5. The van der Waals surface area contributed by atoms with Crippen molar-refractivity contribution in [1.82, 2.24) is 14.1 Å². The SMILES string of the molecule is CCn1cc(S(=O)(=O)N2CCC(C(C)C)C2)c(N)n1. The molecule has 0 amide bonds. The molecule has 1 aromatic heterocycles. The smallest absolute Gasteiger partial charge is 0.248 e. The Morgan fingerprint density at radius 3 is 2.68 bits per heavy atom. The number of nitrogens with zero attached hydrogens (tertiary/aromatic N) is 3. The molecule has 1 saturated heterocycles. The number of aryl methyl sites for hydroxylation is 1. The molecule has 1 aliphatic heterocycles. The van der Waals surface area contributed by atoms with Crippen LogP contribution in [-0.4, -0.2) is 35.6 Å². The van der Waals surface area contributed by atoms with Crippen LogP contribution < -0.4 is 5.73 Å². The lowest BCUT2D eigenvalue weighted by atomic mass is 9.96. The van der Waals surface area contributed by atoms with Crippen LogP contribution in [0.25, 0.3) is 0 Å². The van der Waals surface area contributed by atoms with E-state index in [4.69, 9.17) is 5.73 Å². The van der Waals surface area contributed by atoms with Crippen molar-refractivity contribution < 1.29 is 8.42 Å². The van der Waals surface area contributed by atoms with Crippen molar-refractivity contribution in [1.29, 1.82) is 0 Å². The summed E-state index contributed by atoms with van der Waals surface area (Å²) in [7, 11) is -3.50. The molecule has 0 aliphatic carbocycles. The van der Waals surface area contributed by atoms with Crippen LogP contribution in [0, 0.1) is 11.8 Å². The number of nitrogen functional groups attached to an aromatic ring is 1. The molecular weight excluding hydrogens is 264 g/mol. The van der Waals surface area contributed by atoms with E-state index in [0.29, 0.717) is 31.5 Å². The van der Waals surface area contributed by atoms with Gasteiger partial charge in [0.25, 0.3) is 0 Å². The summed E-state index contributed by atoms with van der Waals surface area (Å²) in [6.07, 6.45) is 2.44. The minimum absolute atomic E-state index is 0.0925. The van der Waals surface area contributed by atoms with Crippen LogP contribution in [0.15, 0.2) is 11.1 Å². The minimum Gasteiger partial charge on any atom is -0.381 e. The van der Waals surface area contributed by atoms with E-state index in [2.05, 4.69) is 18.9 Å². The van der Waals surface area contributed by atoms with Crippen molar-refractivity contribution in [3.8, 4) is 0 Å². The summed E-state index contributed by atoms with van der Waals surface area (Å²) in [4.78, 5) is 0.138. The Morgan fingerprint density at radius 2 is 2.21 bits per heavy atom. The van der Waals surface area contributed by atoms with Gasteiger partial charge in [-0.15, -0.1) is 0 Å². The van der Waals surface area contributed by atoms with Crippen LogP contribution in [-0.2, 0) is 16.6 Å². The maximum atomic E-state index is 12.5. The highest BCUT2D eigenvalue weighted by atomic mass is 32.2. The van der Waals surface area contributed by atoms with Gasteiger partial charge in [-0.3, -0.25) is 4.68 Å². The first-order valence-electron chi connectivity index (χ1n) is 6.69. The van der Waals surface area contributed by atoms with E-state index in [1.165, 1.54) is 10.5 Å². The maximum absolute atomic E-state index is 12.5. The molecule has 1 atom stereocenters. The predicted molar refractivity (Wildman–Crippen MR) is 74.0 cm³/mol. The van der Waals surface area contributed by atoms with Gasteiger partial charge in [0.15, 0.2) is 5.82 Å². The highest BCUT2D eigenvalue weighted by Gasteiger charge is 2.35. The molecule has 0 bridgehead atoms. The third kappa shape index (κ3) is 2.62. The number of anilines is 1. The maximum Gasteiger partial charge on any atom is 0.248 e. The number of hydrogen-bond acceptors (Lipinski definition) is 4. The molecule has 2 N–H and O–H groups in total. The van der Waals surface area contributed by atoms with Crippen LogP contribution in [0.5, 0.6) is 0 Å². The van der Waals surface area contributed by atoms with E-state index >= 15 is 0 Å². The summed E-state index contributed by atoms with van der Waals surface area (Å²) in [5.74, 6) is 1.02. The fourth-order valence-corrected chi connectivity index (χ4v) is 4.01. The van der Waals surface area contributed by atoms with Gasteiger partial charge in [0.05, 0.1) is 0 Å². The summed E-state index contributed by atoms with van der Waals surface area (Å²) in [6, 6.07) is 0. The van der Waals surface area contributed by atoms with Gasteiger partial charge in [-0.05, 0) is 25.2 Å². The molecule has 19 heavy (non-hydrogen) atoms. The van der Waals surface area contributed by atoms with E-state index < -0.39 is 10.0 Å². The minimum atomic E-state index is -3.50. The van der Waals surface area contributed by atoms with Gasteiger partial charge in [0.2, 0.25) is 10.0 Å². The topological polar surface area (TPSA) is 81.2 Å². The molecule has 7 heteroatoms. The molecule has 0 radical (unpaired) electrons. The first-order valence-corrected chi connectivity index (χ1v) is 8.13. The van der Waals surface area contributed by atoms with E-state index in [1.807, 2.05) is 6.92 Å². The molecule has 2 rings (SSSR count). The van der Waals surface area contributed by atoms with E-state index in [1.54, 1.807) is 4.68 Å². The Bertz CT molecular complexity index is 550. The molecule has 0 aromatic carbocycles. The van der Waals surface area contributed by atoms with E-state index in [0.717, 1.165) is 6.42 Å². The van der Waals surface area contributed by atoms with Gasteiger partial charge >= 0.3 is 0 Å². The number of hydrogen-bond donors (Lipinski definition) is 1. The Morgan fingerprint density at radius 1 is 1.53 bits per heavy atom. The molecule has 0 spiro atoms. The Hall–Kier alpha value is -1.08. The second-order valence-corrected chi connectivity index (χ2v) is 7.30. The highest BCUT2D eigenvalue weighted by molar-refractivity contribution is 7.89. The van der Waals surface area contributed by atoms with Crippen LogP contribution in [0.3, 0.4) is 0 Å². The molecule has 108 valence electrons. The number of nitrogens with two attached hydrogens (primary N) is 1. The standard InChI is InChI=1S/C12H22N4O2S/c1-4-15-8-11(12(13)14-15)19(17,18)16-6-5-10(7-16)9(2)3/h8-10H,4-7H2,1-3H3,(H2,13,14). The molecule has 1 unspecified atom stereocenters. The third-order valence-corrected chi connectivity index (χ3v) is 5.71. The van der Waals surface area contributed by atoms with Gasteiger partial charge in [-0.25, -0.2) is 8.42 Å². The fourth-order valence-electron chi connectivity index (χ4n) is 2.43. The summed E-state index contributed by atoms with van der Waals surface area (Å²) < 4.78 is 28.2. The molecule has 1 aliphatic rings. The van der Waals surface area contributed by atoms with Gasteiger partial charge in [0, 0.05) is 25.8 Å². The molecule has 2 heterocycles. The first kappa shape index (κ1) is 14.3. The number of rotatable bonds is 4. The Balaban J connectivity index is 2.26. The second kappa shape index (κ2) is 5.13. The molecule has 1 fully saturated rings. The molecule has 1 aromatic rings. The van der Waals surface area contributed by atoms with Crippen molar-refractivity contribution >= 4 is 15.8 Å². The monoisotopic (exact) mass is 286 g/mol. The van der Waals surface area contributed by atoms with Gasteiger partial charge in [-0.1, -0.05) is 13.8 Å². The van der Waals surface area contributed by atoms with Crippen LogP contribution in [0.4, 0.5) is 5.82 Å². The summed E-state index contributed by atoms with van der Waals surface area (Å²) >= 11 is 0. The number of aromatic nitrogens is 2. The molecular formula is C12H22N4O2S. The first-order chi connectivity index (χ1) is 8.86. The molecule has 0 saturated carbocycles. The summed E-state index contributed by atoms with van der Waals surface area (Å²) in [5.41, 5.74) is 5.73. The Kier molecular flexibility index (Phi) is 3.87. The van der Waals surface area contributed by atoms with Crippen LogP contribution >= 0.6 is 0 Å². The van der Waals surface area contributed by atoms with Crippen molar-refractivity contribution in [2.45, 2.75) is 38.6 Å². The van der Waals surface area contributed by atoms with Crippen molar-refractivity contribution in [3.05, 3.63) is 6.20 Å². The van der Waals surface area contributed by atoms with Crippen LogP contribution in [0.2, 0.25) is 0 Å². The van der Waals surface area contributed by atoms with E-state index in [-0.39, 0.29) is 10.7 Å². The average Bonchev–Trinajstić information content (AvgIpc) is 2.95. The highest BCUT2D eigenvalue weighted by Crippen LogP contribution is 2.30. The summed E-state index contributed by atoms with van der Waals surface area (Å²) in [6.45, 7) is 7.91. The van der Waals surface area contributed by atoms with E-state index in [9.17, 15) is 8.42 Å². The third-order valence-electron chi connectivity index (χ3n) is 3.83. The lowest BCUT2D eigenvalue weighted by Gasteiger charge is -2.17. The van der Waals surface area contributed by atoms with Crippen LogP contribution in [0.1, 0.15) is 27.2 Å². The second-order valence-electron chi connectivity index (χ2n) is 5.39. The van der Waals surface area contributed by atoms with Gasteiger partial charge < -0.3 is 5.73 Å². The van der Waals surface area contributed by atoms with Crippen molar-refractivity contribution in [3.63, 3.8) is 0 Å². The van der Waals surface area contributed by atoms with Gasteiger partial charge in [-0.2, -0.15) is 9.40 Å². The lowest BCUT2D eigenvalue weighted by molar-refractivity contribution is 0.388. The van der Waals surface area contributed by atoms with Crippen molar-refractivity contribution in [2.24, 2.45) is 11.8 Å². The zero-order valence-electron chi connectivity index (χ0n) is 11.7.